The zero-order valence-corrected chi connectivity index (χ0v) is 7.37. The maximum atomic E-state index is 5.56. The average molecular weight is 161 g/mol. The Hall–Kier alpha value is 0.290. The molecular formula is C9H17Cl. The van der Waals surface area contributed by atoms with Gasteiger partial charge in [0.15, 0.2) is 0 Å². The van der Waals surface area contributed by atoms with E-state index in [-0.39, 0.29) is 0 Å². The van der Waals surface area contributed by atoms with Crippen molar-refractivity contribution in [1.29, 1.82) is 0 Å². The lowest BCUT2D eigenvalue weighted by atomic mass is 9.82. The van der Waals surface area contributed by atoms with Crippen LogP contribution in [0.2, 0.25) is 0 Å². The number of hydrogen-bond acceptors (Lipinski definition) is 0. The summed E-state index contributed by atoms with van der Waals surface area (Å²) in [5.41, 5.74) is 0. The molecule has 0 aromatic carbocycles. The van der Waals surface area contributed by atoms with Crippen LogP contribution in [0.5, 0.6) is 0 Å². The summed E-state index contributed by atoms with van der Waals surface area (Å²) in [6.07, 6.45) is 9.93. The van der Waals surface area contributed by atoms with Crippen LogP contribution in [0.3, 0.4) is 0 Å². The fourth-order valence-electron chi connectivity index (χ4n) is 1.49. The van der Waals surface area contributed by atoms with Crippen molar-refractivity contribution in [2.45, 2.75) is 44.9 Å². The van der Waals surface area contributed by atoms with Crippen LogP contribution in [-0.2, 0) is 0 Å². The van der Waals surface area contributed by atoms with Gasteiger partial charge in [-0.25, -0.2) is 0 Å². The van der Waals surface area contributed by atoms with Crippen molar-refractivity contribution >= 4 is 11.6 Å². The van der Waals surface area contributed by atoms with Gasteiger partial charge >= 0.3 is 0 Å². The minimum atomic E-state index is 0.852. The van der Waals surface area contributed by atoms with Crippen molar-refractivity contribution in [1.82, 2.24) is 0 Å². The Balaban J connectivity index is 1.76. The zero-order chi connectivity index (χ0) is 7.23. The third-order valence-electron chi connectivity index (χ3n) is 2.47. The van der Waals surface area contributed by atoms with E-state index in [4.69, 9.17) is 11.6 Å². The molecule has 0 nitrogen and oxygen atoms in total. The third kappa shape index (κ3) is 2.92. The normalized spacial score (nSPS) is 18.9. The molecule has 1 aliphatic rings. The first-order chi connectivity index (χ1) is 4.93. The molecule has 0 aliphatic heterocycles. The van der Waals surface area contributed by atoms with Crippen LogP contribution >= 0.6 is 11.6 Å². The molecule has 0 unspecified atom stereocenters. The van der Waals surface area contributed by atoms with E-state index < -0.39 is 0 Å². The molecule has 0 atom stereocenters. The predicted molar refractivity (Wildman–Crippen MR) is 46.5 cm³/mol. The molecule has 1 saturated carbocycles. The van der Waals surface area contributed by atoms with Gasteiger partial charge in [-0.1, -0.05) is 38.5 Å². The lowest BCUT2D eigenvalue weighted by Crippen LogP contribution is -2.10. The molecule has 0 amide bonds. The van der Waals surface area contributed by atoms with Gasteiger partial charge in [0, 0.05) is 5.88 Å². The van der Waals surface area contributed by atoms with Gasteiger partial charge in [-0.05, 0) is 12.3 Å². The van der Waals surface area contributed by atoms with Crippen LogP contribution < -0.4 is 0 Å². The van der Waals surface area contributed by atoms with Gasteiger partial charge in [0.2, 0.25) is 0 Å². The maximum Gasteiger partial charge on any atom is 0.0223 e. The Bertz CT molecular complexity index is 76.8. The van der Waals surface area contributed by atoms with Crippen molar-refractivity contribution in [2.24, 2.45) is 5.92 Å². The van der Waals surface area contributed by atoms with Crippen molar-refractivity contribution in [3.63, 3.8) is 0 Å². The van der Waals surface area contributed by atoms with Crippen LogP contribution in [0.15, 0.2) is 0 Å². The van der Waals surface area contributed by atoms with Gasteiger partial charge in [-0.15, -0.1) is 11.6 Å². The van der Waals surface area contributed by atoms with Crippen LogP contribution in [0.25, 0.3) is 0 Å². The summed E-state index contributed by atoms with van der Waals surface area (Å²) in [6, 6.07) is 0. The number of alkyl halides is 1. The largest absolute Gasteiger partial charge is 0.127 e. The Morgan fingerprint density at radius 3 is 2.40 bits per heavy atom. The van der Waals surface area contributed by atoms with E-state index in [0.717, 1.165) is 11.8 Å². The highest BCUT2D eigenvalue weighted by molar-refractivity contribution is 6.17. The summed E-state index contributed by atoms with van der Waals surface area (Å²) in [5, 5.41) is 0. The molecule has 1 heteroatoms. The number of rotatable bonds is 5. The van der Waals surface area contributed by atoms with Crippen molar-refractivity contribution in [2.75, 3.05) is 5.88 Å². The summed E-state index contributed by atoms with van der Waals surface area (Å²) in [5.74, 6) is 1.94. The first-order valence-electron chi connectivity index (χ1n) is 4.49. The summed E-state index contributed by atoms with van der Waals surface area (Å²) in [6.45, 7) is 0. The Morgan fingerprint density at radius 2 is 1.90 bits per heavy atom. The van der Waals surface area contributed by atoms with Crippen molar-refractivity contribution in [3.8, 4) is 0 Å². The topological polar surface area (TPSA) is 0 Å². The van der Waals surface area contributed by atoms with Gasteiger partial charge in [0.05, 0.1) is 0 Å². The highest BCUT2D eigenvalue weighted by Crippen LogP contribution is 2.30. The van der Waals surface area contributed by atoms with Gasteiger partial charge in [-0.3, -0.25) is 0 Å². The second-order valence-electron chi connectivity index (χ2n) is 3.34. The molecule has 1 fully saturated rings. The Labute approximate surface area is 69.0 Å². The highest BCUT2D eigenvalue weighted by Gasteiger charge is 2.15. The summed E-state index contributed by atoms with van der Waals surface area (Å²) in [7, 11) is 0. The molecule has 0 saturated heterocycles. The fraction of sp³-hybridized carbons (Fsp3) is 1.00. The van der Waals surface area contributed by atoms with Gasteiger partial charge in [-0.2, -0.15) is 0 Å². The van der Waals surface area contributed by atoms with E-state index >= 15 is 0 Å². The molecule has 0 N–H and O–H groups in total. The summed E-state index contributed by atoms with van der Waals surface area (Å²) < 4.78 is 0. The van der Waals surface area contributed by atoms with Gasteiger partial charge < -0.3 is 0 Å². The zero-order valence-electron chi connectivity index (χ0n) is 6.61. The predicted octanol–water partition coefficient (Wildman–Crippen LogP) is 3.59. The quantitative estimate of drug-likeness (QED) is 0.426. The second kappa shape index (κ2) is 5.01. The monoisotopic (exact) mass is 160 g/mol. The van der Waals surface area contributed by atoms with E-state index in [9.17, 15) is 0 Å². The minimum Gasteiger partial charge on any atom is -0.127 e. The number of unbranched alkanes of at least 4 members (excludes halogenated alkanes) is 2. The standard InChI is InChI=1S/C9H17Cl/c10-8-3-1-2-5-9-6-4-7-9/h9H,1-8H2. The van der Waals surface area contributed by atoms with Crippen LogP contribution in [0.4, 0.5) is 0 Å². The third-order valence-corrected chi connectivity index (χ3v) is 2.74. The Kier molecular flexibility index (Phi) is 4.20. The van der Waals surface area contributed by atoms with Crippen molar-refractivity contribution in [3.05, 3.63) is 0 Å². The summed E-state index contributed by atoms with van der Waals surface area (Å²) in [4.78, 5) is 0. The average Bonchev–Trinajstić information content (AvgIpc) is 1.84. The first-order valence-corrected chi connectivity index (χ1v) is 5.03. The molecule has 0 aromatic heterocycles. The molecule has 0 radical (unpaired) electrons. The Morgan fingerprint density at radius 1 is 1.10 bits per heavy atom. The molecule has 60 valence electrons. The highest BCUT2D eigenvalue weighted by atomic mass is 35.5. The molecule has 0 bridgehead atoms. The second-order valence-corrected chi connectivity index (χ2v) is 3.71. The van der Waals surface area contributed by atoms with Crippen molar-refractivity contribution < 1.29 is 0 Å². The lowest BCUT2D eigenvalue weighted by Gasteiger charge is -2.24. The molecule has 0 heterocycles. The molecule has 1 rings (SSSR count). The van der Waals surface area contributed by atoms with Crippen LogP contribution in [-0.4, -0.2) is 5.88 Å². The molecule has 1 aliphatic carbocycles. The first kappa shape index (κ1) is 8.39. The summed E-state index contributed by atoms with van der Waals surface area (Å²) >= 11 is 5.56. The number of hydrogen-bond donors (Lipinski definition) is 0. The lowest BCUT2D eigenvalue weighted by molar-refractivity contribution is 0.287. The minimum absolute atomic E-state index is 0.852. The molecular weight excluding hydrogens is 144 g/mol. The van der Waals surface area contributed by atoms with E-state index in [2.05, 4.69) is 0 Å². The van der Waals surface area contributed by atoms with E-state index in [1.807, 2.05) is 0 Å². The molecule has 10 heavy (non-hydrogen) atoms. The maximum absolute atomic E-state index is 5.56. The molecule has 0 spiro atoms. The van der Waals surface area contributed by atoms with E-state index in [1.54, 1.807) is 0 Å². The van der Waals surface area contributed by atoms with Crippen LogP contribution in [0, 0.1) is 5.92 Å². The fourth-order valence-corrected chi connectivity index (χ4v) is 1.67. The smallest absolute Gasteiger partial charge is 0.0223 e. The van der Waals surface area contributed by atoms with Gasteiger partial charge in [0.25, 0.3) is 0 Å². The SMILES string of the molecule is ClCCCCCC1CCC1. The van der Waals surface area contributed by atoms with Crippen LogP contribution in [0.1, 0.15) is 44.9 Å². The van der Waals surface area contributed by atoms with E-state index in [1.165, 1.54) is 44.9 Å². The number of halogens is 1. The van der Waals surface area contributed by atoms with Gasteiger partial charge in [0.1, 0.15) is 0 Å². The molecule has 0 aromatic rings. The van der Waals surface area contributed by atoms with E-state index in [0.29, 0.717) is 0 Å².